The van der Waals surface area contributed by atoms with Crippen LogP contribution in [0.2, 0.25) is 0 Å². The number of methoxy groups -OCH3 is 1. The fourth-order valence-corrected chi connectivity index (χ4v) is 7.70. The van der Waals surface area contributed by atoms with Crippen LogP contribution >= 0.6 is 0 Å². The summed E-state index contributed by atoms with van der Waals surface area (Å²) in [6, 6.07) is 19.4. The lowest BCUT2D eigenvalue weighted by Crippen LogP contribution is -2.46. The number of fused-ring (bicyclic) bond motifs is 1. The summed E-state index contributed by atoms with van der Waals surface area (Å²) in [5.41, 5.74) is 6.52. The molecule has 0 bridgehead atoms. The Morgan fingerprint density at radius 3 is 2.24 bits per heavy atom. The van der Waals surface area contributed by atoms with E-state index in [9.17, 15) is 13.6 Å². The number of aromatic nitrogens is 2. The predicted octanol–water partition coefficient (Wildman–Crippen LogP) is 10.5. The number of imidazole rings is 1. The molecular formula is C48H59F2N3O6. The third-order valence-corrected chi connectivity index (χ3v) is 11.0. The van der Waals surface area contributed by atoms with Gasteiger partial charge < -0.3 is 28.6 Å². The van der Waals surface area contributed by atoms with Crippen molar-refractivity contribution in [3.8, 4) is 28.1 Å². The maximum Gasteiger partial charge on any atom is 0.339 e. The van der Waals surface area contributed by atoms with Crippen LogP contribution in [0.25, 0.3) is 28.0 Å². The molecule has 59 heavy (non-hydrogen) atoms. The van der Waals surface area contributed by atoms with Gasteiger partial charge in [-0.25, -0.2) is 18.6 Å². The lowest BCUT2D eigenvalue weighted by molar-refractivity contribution is -0.164. The fourth-order valence-electron chi connectivity index (χ4n) is 7.70. The molecule has 0 spiro atoms. The molecule has 1 atom stereocenters. The second-order valence-corrected chi connectivity index (χ2v) is 17.2. The molecular weight excluding hydrogens is 753 g/mol. The van der Waals surface area contributed by atoms with Crippen molar-refractivity contribution in [2.75, 3.05) is 44.9 Å². The highest BCUT2D eigenvalue weighted by Gasteiger charge is 2.39. The van der Waals surface area contributed by atoms with Gasteiger partial charge in [-0.15, -0.1) is 0 Å². The zero-order valence-electron chi connectivity index (χ0n) is 36.2. The van der Waals surface area contributed by atoms with E-state index in [4.69, 9.17) is 28.7 Å². The van der Waals surface area contributed by atoms with Crippen molar-refractivity contribution in [1.29, 1.82) is 0 Å². The van der Waals surface area contributed by atoms with Gasteiger partial charge in [-0.3, -0.25) is 4.40 Å². The second-order valence-electron chi connectivity index (χ2n) is 17.2. The summed E-state index contributed by atoms with van der Waals surface area (Å²) >= 11 is 0. The third kappa shape index (κ3) is 9.97. The highest BCUT2D eigenvalue weighted by Crippen LogP contribution is 2.43. The van der Waals surface area contributed by atoms with Crippen molar-refractivity contribution in [2.24, 2.45) is 5.92 Å². The molecule has 11 heteroatoms. The minimum absolute atomic E-state index is 0.188. The van der Waals surface area contributed by atoms with Gasteiger partial charge in [0.25, 0.3) is 0 Å². The van der Waals surface area contributed by atoms with Crippen LogP contribution in [-0.4, -0.2) is 66.6 Å². The number of rotatable bonds is 15. The van der Waals surface area contributed by atoms with E-state index in [2.05, 4.69) is 30.1 Å². The Labute approximate surface area is 347 Å². The first kappa shape index (κ1) is 43.7. The number of carbonyl (C=O) groups excluding carboxylic acids is 1. The van der Waals surface area contributed by atoms with Gasteiger partial charge in [-0.1, -0.05) is 62.4 Å². The zero-order valence-corrected chi connectivity index (χ0v) is 36.2. The Balaban J connectivity index is 1.45. The molecule has 0 unspecified atom stereocenters. The van der Waals surface area contributed by atoms with Crippen molar-refractivity contribution in [1.82, 2.24) is 9.38 Å². The number of nitrogens with zero attached hydrogens (tertiary/aromatic N) is 3. The summed E-state index contributed by atoms with van der Waals surface area (Å²) in [5.74, 6) is -0.940. The quantitative estimate of drug-likeness (QED) is 0.0764. The van der Waals surface area contributed by atoms with Gasteiger partial charge >= 0.3 is 5.97 Å². The van der Waals surface area contributed by atoms with E-state index in [-0.39, 0.29) is 18.0 Å². The molecule has 316 valence electrons. The van der Waals surface area contributed by atoms with E-state index in [0.29, 0.717) is 55.6 Å². The average Bonchev–Trinajstić information content (AvgIpc) is 3.55. The van der Waals surface area contributed by atoms with Crippen LogP contribution in [0.1, 0.15) is 88.4 Å². The molecule has 1 fully saturated rings. The number of hydrogen-bond acceptors (Lipinski definition) is 8. The maximum atomic E-state index is 14.9. The smallest absolute Gasteiger partial charge is 0.339 e. The van der Waals surface area contributed by atoms with Crippen molar-refractivity contribution < 1.29 is 37.3 Å². The summed E-state index contributed by atoms with van der Waals surface area (Å²) in [7, 11) is 1.38. The molecule has 1 aliphatic rings. The largest absolute Gasteiger partial charge is 0.488 e. The van der Waals surface area contributed by atoms with Gasteiger partial charge in [-0.05, 0) is 102 Å². The minimum Gasteiger partial charge on any atom is -0.488 e. The van der Waals surface area contributed by atoms with E-state index < -0.39 is 29.3 Å². The number of carbonyl (C=O) groups is 1. The molecule has 3 aromatic carbocycles. The van der Waals surface area contributed by atoms with Crippen LogP contribution in [0.3, 0.4) is 0 Å². The molecule has 0 aliphatic carbocycles. The van der Waals surface area contributed by atoms with Crippen LogP contribution in [0.4, 0.5) is 14.6 Å². The number of ether oxygens (including phenoxy) is 5. The van der Waals surface area contributed by atoms with Gasteiger partial charge in [0.2, 0.25) is 0 Å². The monoisotopic (exact) mass is 811 g/mol. The van der Waals surface area contributed by atoms with Gasteiger partial charge in [0.05, 0.1) is 37.2 Å². The molecule has 0 saturated carbocycles. The zero-order chi connectivity index (χ0) is 42.6. The standard InChI is InChI=1S/C48H59F2N3O6/c1-30(2)28-56-23-24-58-48(9)19-21-52(22-20-48)45-41(43(46(54)55-10)59-47(6,7)8)31(3)32(4)44-51-42(33(5)53(44)45)36-18-14-17-35(25-36)37-26-38(49)39(50)27-40(37)57-29-34-15-12-11-13-16-34/h11-18,25-27,30,43H,19-24,28-29H2,1-10H3/t43-/m0/s1. The number of esters is 1. The molecule has 5 aromatic rings. The third-order valence-electron chi connectivity index (χ3n) is 11.0. The van der Waals surface area contributed by atoms with Crippen molar-refractivity contribution in [3.05, 3.63) is 106 Å². The Morgan fingerprint density at radius 1 is 0.898 bits per heavy atom. The van der Waals surface area contributed by atoms with E-state index >= 15 is 0 Å². The first-order valence-electron chi connectivity index (χ1n) is 20.5. The van der Waals surface area contributed by atoms with E-state index in [0.717, 1.165) is 63.9 Å². The molecule has 1 saturated heterocycles. The fraction of sp³-hybridized carbons (Fsp3) is 0.458. The summed E-state index contributed by atoms with van der Waals surface area (Å²) in [6.45, 7) is 21.5. The molecule has 6 rings (SSSR count). The molecule has 2 aromatic heterocycles. The van der Waals surface area contributed by atoms with Crippen molar-refractivity contribution >= 4 is 17.4 Å². The lowest BCUT2D eigenvalue weighted by atomic mass is 9.92. The van der Waals surface area contributed by atoms with Gasteiger partial charge in [0, 0.05) is 48.1 Å². The normalized spacial score (nSPS) is 14.9. The Kier molecular flexibility index (Phi) is 13.5. The van der Waals surface area contributed by atoms with E-state index in [1.54, 1.807) is 0 Å². The van der Waals surface area contributed by atoms with E-state index in [1.165, 1.54) is 13.2 Å². The number of piperidine rings is 1. The molecule has 1 aliphatic heterocycles. The van der Waals surface area contributed by atoms with Crippen molar-refractivity contribution in [3.63, 3.8) is 0 Å². The topological polar surface area (TPSA) is 83.8 Å². The summed E-state index contributed by atoms with van der Waals surface area (Å²) < 4.78 is 62.0. The van der Waals surface area contributed by atoms with Crippen molar-refractivity contribution in [2.45, 2.75) is 99.1 Å². The SMILES string of the molecule is COC(=O)[C@@H](OC(C)(C)C)c1c(C)c(C)c2nc(-c3cccc(-c4cc(F)c(F)cc4OCc4ccccc4)c3)c(C)n2c1N1CCC(C)(OCCOCC(C)C)CC1. The average molecular weight is 812 g/mol. The summed E-state index contributed by atoms with van der Waals surface area (Å²) in [5, 5.41) is 0. The second kappa shape index (κ2) is 18.2. The van der Waals surface area contributed by atoms with Gasteiger partial charge in [-0.2, -0.15) is 0 Å². The summed E-state index contributed by atoms with van der Waals surface area (Å²) in [6.07, 6.45) is 0.483. The molecule has 0 amide bonds. The molecule has 3 heterocycles. The minimum atomic E-state index is -1.02. The first-order valence-corrected chi connectivity index (χ1v) is 20.5. The Bertz CT molecular complexity index is 2260. The Hall–Kier alpha value is -4.84. The number of hydrogen-bond donors (Lipinski definition) is 0. The van der Waals surface area contributed by atoms with Crippen LogP contribution in [0.5, 0.6) is 5.75 Å². The van der Waals surface area contributed by atoms with Crippen LogP contribution in [0, 0.1) is 38.3 Å². The van der Waals surface area contributed by atoms with Crippen LogP contribution < -0.4 is 9.64 Å². The van der Waals surface area contributed by atoms with Crippen LogP contribution in [0.15, 0.2) is 66.7 Å². The van der Waals surface area contributed by atoms with Gasteiger partial charge in [0.1, 0.15) is 23.8 Å². The molecule has 0 radical (unpaired) electrons. The first-order chi connectivity index (χ1) is 28.0. The number of aryl methyl sites for hydroxylation is 2. The highest BCUT2D eigenvalue weighted by atomic mass is 19.2. The molecule has 0 N–H and O–H groups in total. The Morgan fingerprint density at radius 2 is 1.58 bits per heavy atom. The summed E-state index contributed by atoms with van der Waals surface area (Å²) in [4.78, 5) is 21.3. The number of halogens is 2. The lowest BCUT2D eigenvalue weighted by Gasteiger charge is -2.42. The molecule has 9 nitrogen and oxygen atoms in total. The van der Waals surface area contributed by atoms with E-state index in [1.807, 2.05) is 96.1 Å². The van der Waals surface area contributed by atoms with Gasteiger partial charge in [0.15, 0.2) is 17.7 Å². The van der Waals surface area contributed by atoms with Crippen LogP contribution in [-0.2, 0) is 30.3 Å². The number of anilines is 1. The highest BCUT2D eigenvalue weighted by molar-refractivity contribution is 5.83. The maximum absolute atomic E-state index is 14.9. The predicted molar refractivity (Wildman–Crippen MR) is 228 cm³/mol. The number of benzene rings is 3. The number of pyridine rings is 1.